The molecule has 0 heterocycles. The van der Waals surface area contributed by atoms with E-state index in [-0.39, 0.29) is 0 Å². The summed E-state index contributed by atoms with van der Waals surface area (Å²) in [6.07, 6.45) is 0. The molecule has 32 heavy (non-hydrogen) atoms. The highest BCUT2D eigenvalue weighted by Crippen LogP contribution is 2.44. The molecule has 0 aliphatic rings. The van der Waals surface area contributed by atoms with Crippen molar-refractivity contribution in [3.63, 3.8) is 0 Å². The fourth-order valence-electron chi connectivity index (χ4n) is 5.07. The van der Waals surface area contributed by atoms with E-state index in [2.05, 4.69) is 116 Å². The first kappa shape index (κ1) is 22.1. The van der Waals surface area contributed by atoms with E-state index >= 15 is 0 Å². The Kier molecular flexibility index (Phi) is 5.82. The van der Waals surface area contributed by atoms with Crippen LogP contribution >= 0.6 is 0 Å². The minimum atomic E-state index is 1.30. The van der Waals surface area contributed by atoms with E-state index in [0.29, 0.717) is 0 Å². The molecule has 0 atom stereocenters. The zero-order chi connectivity index (χ0) is 23.2. The van der Waals surface area contributed by atoms with E-state index in [1.165, 1.54) is 77.9 Å². The molecular weight excluding hydrogens is 384 g/mol. The lowest BCUT2D eigenvalue weighted by atomic mass is 9.80. The zero-order valence-corrected chi connectivity index (χ0v) is 20.8. The van der Waals surface area contributed by atoms with Gasteiger partial charge in [0.25, 0.3) is 0 Å². The van der Waals surface area contributed by atoms with Crippen molar-refractivity contribution in [2.75, 3.05) is 0 Å². The summed E-state index contributed by atoms with van der Waals surface area (Å²) in [6, 6.07) is 22.7. The highest BCUT2D eigenvalue weighted by atomic mass is 14.2. The van der Waals surface area contributed by atoms with Gasteiger partial charge in [0.05, 0.1) is 0 Å². The van der Waals surface area contributed by atoms with E-state index in [4.69, 9.17) is 0 Å². The second kappa shape index (κ2) is 8.43. The summed E-state index contributed by atoms with van der Waals surface area (Å²) in [5.74, 6) is 0. The van der Waals surface area contributed by atoms with Gasteiger partial charge in [-0.2, -0.15) is 0 Å². The number of aryl methyl sites for hydroxylation is 7. The van der Waals surface area contributed by atoms with Gasteiger partial charge in [-0.15, -0.1) is 0 Å². The molecule has 4 aromatic carbocycles. The molecule has 0 aromatic heterocycles. The van der Waals surface area contributed by atoms with Gasteiger partial charge in [-0.1, -0.05) is 66.2 Å². The molecule has 0 spiro atoms. The lowest BCUT2D eigenvalue weighted by molar-refractivity contribution is 1.30. The van der Waals surface area contributed by atoms with Gasteiger partial charge in [-0.05, 0) is 128 Å². The fourth-order valence-corrected chi connectivity index (χ4v) is 5.07. The van der Waals surface area contributed by atoms with Gasteiger partial charge < -0.3 is 0 Å². The summed E-state index contributed by atoms with van der Waals surface area (Å²) in [7, 11) is 0. The van der Waals surface area contributed by atoms with Crippen LogP contribution in [0, 0.1) is 55.4 Å². The van der Waals surface area contributed by atoms with Crippen LogP contribution in [0.5, 0.6) is 0 Å². The molecule has 0 heteroatoms. The summed E-state index contributed by atoms with van der Waals surface area (Å²) in [6.45, 7) is 17.9. The average molecular weight is 419 g/mol. The molecule has 0 radical (unpaired) electrons. The molecular formula is C32H34. The van der Waals surface area contributed by atoms with Crippen LogP contribution in [0.1, 0.15) is 44.5 Å². The van der Waals surface area contributed by atoms with Crippen molar-refractivity contribution in [3.8, 4) is 33.4 Å². The third kappa shape index (κ3) is 3.79. The molecule has 162 valence electrons. The molecule has 0 fully saturated rings. The lowest BCUT2D eigenvalue weighted by Gasteiger charge is -2.24. The van der Waals surface area contributed by atoms with Gasteiger partial charge in [-0.3, -0.25) is 0 Å². The van der Waals surface area contributed by atoms with Crippen molar-refractivity contribution < 1.29 is 0 Å². The molecule has 0 saturated heterocycles. The zero-order valence-electron chi connectivity index (χ0n) is 20.8. The highest BCUT2D eigenvalue weighted by molar-refractivity contribution is 5.94. The van der Waals surface area contributed by atoms with E-state index < -0.39 is 0 Å². The molecule has 0 aliphatic carbocycles. The predicted molar refractivity (Wildman–Crippen MR) is 141 cm³/mol. The maximum atomic E-state index is 2.41. The normalized spacial score (nSPS) is 11.1. The van der Waals surface area contributed by atoms with Crippen LogP contribution in [-0.4, -0.2) is 0 Å². The van der Waals surface area contributed by atoms with Gasteiger partial charge in [0.2, 0.25) is 0 Å². The Hall–Kier alpha value is -3.12. The monoisotopic (exact) mass is 418 g/mol. The number of hydrogen-bond acceptors (Lipinski definition) is 0. The summed E-state index contributed by atoms with van der Waals surface area (Å²) in [5, 5.41) is 0. The Morgan fingerprint density at radius 3 is 1.72 bits per heavy atom. The minimum absolute atomic E-state index is 1.30. The van der Waals surface area contributed by atoms with Crippen molar-refractivity contribution in [3.05, 3.63) is 105 Å². The Morgan fingerprint density at radius 1 is 0.406 bits per heavy atom. The second-order valence-electron chi connectivity index (χ2n) is 9.50. The van der Waals surface area contributed by atoms with E-state index in [9.17, 15) is 0 Å². The molecule has 0 saturated carbocycles. The molecule has 0 aliphatic heterocycles. The third-order valence-electron chi connectivity index (χ3n) is 6.99. The quantitative estimate of drug-likeness (QED) is 0.311. The van der Waals surface area contributed by atoms with Crippen molar-refractivity contribution in [1.82, 2.24) is 0 Å². The molecule has 0 N–H and O–H groups in total. The smallest absolute Gasteiger partial charge is 0.00644 e. The molecule has 0 bridgehead atoms. The van der Waals surface area contributed by atoms with Crippen LogP contribution in [0.15, 0.2) is 60.7 Å². The SMILES string of the molecule is Cc1ccc(C)c(-c2c(C)cc(-c3ccc(C)c(C)c3)c(-c3c(C)cccc3C)c2C)c1. The van der Waals surface area contributed by atoms with E-state index in [1.54, 1.807) is 0 Å². The Balaban J connectivity index is 2.14. The van der Waals surface area contributed by atoms with Crippen molar-refractivity contribution in [2.45, 2.75) is 55.4 Å². The van der Waals surface area contributed by atoms with Crippen molar-refractivity contribution >= 4 is 0 Å². The lowest BCUT2D eigenvalue weighted by Crippen LogP contribution is -2.00. The van der Waals surface area contributed by atoms with Gasteiger partial charge >= 0.3 is 0 Å². The van der Waals surface area contributed by atoms with Gasteiger partial charge in [0, 0.05) is 0 Å². The maximum Gasteiger partial charge on any atom is -0.00644 e. The van der Waals surface area contributed by atoms with Crippen LogP contribution in [0.3, 0.4) is 0 Å². The van der Waals surface area contributed by atoms with Gasteiger partial charge in [0.15, 0.2) is 0 Å². The van der Waals surface area contributed by atoms with Crippen molar-refractivity contribution in [1.29, 1.82) is 0 Å². The number of hydrogen-bond donors (Lipinski definition) is 0. The highest BCUT2D eigenvalue weighted by Gasteiger charge is 2.21. The summed E-state index contributed by atoms with van der Waals surface area (Å²) in [5.41, 5.74) is 18.7. The maximum absolute atomic E-state index is 2.41. The second-order valence-corrected chi connectivity index (χ2v) is 9.50. The predicted octanol–water partition coefficient (Wildman–Crippen LogP) is 9.15. The molecule has 0 unspecified atom stereocenters. The first-order valence-electron chi connectivity index (χ1n) is 11.5. The fraction of sp³-hybridized carbons (Fsp3) is 0.250. The summed E-state index contributed by atoms with van der Waals surface area (Å²) < 4.78 is 0. The van der Waals surface area contributed by atoms with Gasteiger partial charge in [0.1, 0.15) is 0 Å². The Labute approximate surface area is 194 Å². The topological polar surface area (TPSA) is 0 Å². The number of rotatable bonds is 3. The van der Waals surface area contributed by atoms with Crippen LogP contribution < -0.4 is 0 Å². The largest absolute Gasteiger partial charge is 0.0617 e. The first-order chi connectivity index (χ1) is 15.2. The van der Waals surface area contributed by atoms with Crippen LogP contribution in [0.25, 0.3) is 33.4 Å². The summed E-state index contributed by atoms with van der Waals surface area (Å²) in [4.78, 5) is 0. The van der Waals surface area contributed by atoms with Crippen LogP contribution in [-0.2, 0) is 0 Å². The standard InChI is InChI=1S/C32H34/c1-19-12-13-21(3)28(16-19)31-25(7)18-29(27-15-14-20(2)24(6)17-27)32(26(31)8)30-22(4)10-9-11-23(30)5/h9-18H,1-8H3. The minimum Gasteiger partial charge on any atom is -0.0617 e. The van der Waals surface area contributed by atoms with E-state index in [1.807, 2.05) is 0 Å². The van der Waals surface area contributed by atoms with Crippen LogP contribution in [0.2, 0.25) is 0 Å². The van der Waals surface area contributed by atoms with Crippen molar-refractivity contribution in [2.24, 2.45) is 0 Å². The summed E-state index contributed by atoms with van der Waals surface area (Å²) >= 11 is 0. The Bertz CT molecular complexity index is 1310. The Morgan fingerprint density at radius 2 is 1.06 bits per heavy atom. The molecule has 4 rings (SSSR count). The first-order valence-corrected chi connectivity index (χ1v) is 11.5. The van der Waals surface area contributed by atoms with E-state index in [0.717, 1.165) is 0 Å². The van der Waals surface area contributed by atoms with Crippen LogP contribution in [0.4, 0.5) is 0 Å². The molecule has 0 amide bonds. The van der Waals surface area contributed by atoms with Gasteiger partial charge in [-0.25, -0.2) is 0 Å². The average Bonchev–Trinajstić information content (AvgIpc) is 2.73. The number of benzene rings is 4. The molecule has 4 aromatic rings. The third-order valence-corrected chi connectivity index (χ3v) is 6.99. The molecule has 0 nitrogen and oxygen atoms in total.